The molecule has 6 rings (SSSR count). The van der Waals surface area contributed by atoms with E-state index in [9.17, 15) is 10.4 Å². The molecular formula is C28H20N2O2. The van der Waals surface area contributed by atoms with E-state index in [-0.39, 0.29) is 0 Å². The molecule has 0 unspecified atom stereocenters. The van der Waals surface area contributed by atoms with E-state index in [1.807, 2.05) is 48.5 Å². The van der Waals surface area contributed by atoms with Crippen molar-refractivity contribution in [3.05, 3.63) is 129 Å². The summed E-state index contributed by atoms with van der Waals surface area (Å²) in [6, 6.07) is 28.5. The monoisotopic (exact) mass is 416 g/mol. The molecule has 4 heteroatoms. The number of oxime groups is 2. The van der Waals surface area contributed by atoms with Crippen LogP contribution in [-0.4, -0.2) is 21.8 Å². The van der Waals surface area contributed by atoms with Gasteiger partial charge in [-0.15, -0.1) is 0 Å². The third kappa shape index (κ3) is 2.63. The van der Waals surface area contributed by atoms with Crippen molar-refractivity contribution in [1.29, 1.82) is 0 Å². The van der Waals surface area contributed by atoms with Crippen molar-refractivity contribution in [2.75, 3.05) is 0 Å². The highest BCUT2D eigenvalue weighted by atomic mass is 16.4. The van der Waals surface area contributed by atoms with E-state index in [1.54, 1.807) is 0 Å². The number of nitrogens with zero attached hydrogens (tertiary/aromatic N) is 2. The predicted molar refractivity (Wildman–Crippen MR) is 125 cm³/mol. The smallest absolute Gasteiger partial charge is 0.118 e. The number of fused-ring (bicyclic) bond motifs is 4. The third-order valence-electron chi connectivity index (χ3n) is 6.57. The predicted octanol–water partition coefficient (Wildman–Crippen LogP) is 5.62. The summed E-state index contributed by atoms with van der Waals surface area (Å²) >= 11 is 0. The first-order chi connectivity index (χ1) is 15.8. The van der Waals surface area contributed by atoms with Crippen molar-refractivity contribution in [2.24, 2.45) is 10.3 Å². The molecule has 0 aliphatic heterocycles. The maximum atomic E-state index is 10.0. The van der Waals surface area contributed by atoms with Gasteiger partial charge in [-0.05, 0) is 46.2 Å². The van der Waals surface area contributed by atoms with Gasteiger partial charge >= 0.3 is 0 Å². The highest BCUT2D eigenvalue weighted by molar-refractivity contribution is 6.22. The van der Waals surface area contributed by atoms with Crippen LogP contribution in [0.4, 0.5) is 0 Å². The van der Waals surface area contributed by atoms with Crippen LogP contribution in [0.1, 0.15) is 44.5 Å². The lowest BCUT2D eigenvalue weighted by atomic mass is 9.77. The summed E-state index contributed by atoms with van der Waals surface area (Å²) in [5.41, 5.74) is 11.4. The SMILES string of the molecule is ON=C1c2ccccc2Cc2cccc(-c3cccc4c3C(=NO)c3ccccc3C4)c21. The van der Waals surface area contributed by atoms with Gasteiger partial charge in [-0.2, -0.15) is 0 Å². The van der Waals surface area contributed by atoms with Crippen molar-refractivity contribution in [3.63, 3.8) is 0 Å². The fourth-order valence-corrected chi connectivity index (χ4v) is 5.20. The summed E-state index contributed by atoms with van der Waals surface area (Å²) in [4.78, 5) is 0. The van der Waals surface area contributed by atoms with Crippen LogP contribution in [0.15, 0.2) is 95.2 Å². The summed E-state index contributed by atoms with van der Waals surface area (Å²) in [7, 11) is 0. The third-order valence-corrected chi connectivity index (χ3v) is 6.57. The Labute approximate surface area is 185 Å². The Morgan fingerprint density at radius 1 is 0.438 bits per heavy atom. The fourth-order valence-electron chi connectivity index (χ4n) is 5.20. The van der Waals surface area contributed by atoms with E-state index >= 15 is 0 Å². The Morgan fingerprint density at radius 3 is 1.25 bits per heavy atom. The Kier molecular flexibility index (Phi) is 4.18. The molecule has 0 heterocycles. The molecule has 154 valence electrons. The molecule has 4 aromatic carbocycles. The molecule has 0 spiro atoms. The molecule has 2 aliphatic rings. The molecule has 0 bridgehead atoms. The van der Waals surface area contributed by atoms with E-state index in [0.29, 0.717) is 11.4 Å². The van der Waals surface area contributed by atoms with Crippen LogP contribution in [0.5, 0.6) is 0 Å². The minimum Gasteiger partial charge on any atom is -0.410 e. The van der Waals surface area contributed by atoms with Crippen molar-refractivity contribution < 1.29 is 10.4 Å². The lowest BCUT2D eigenvalue weighted by Gasteiger charge is -2.27. The van der Waals surface area contributed by atoms with E-state index < -0.39 is 0 Å². The van der Waals surface area contributed by atoms with Crippen LogP contribution in [-0.2, 0) is 12.8 Å². The van der Waals surface area contributed by atoms with E-state index in [2.05, 4.69) is 46.7 Å². The lowest BCUT2D eigenvalue weighted by Crippen LogP contribution is -2.20. The molecule has 2 aliphatic carbocycles. The van der Waals surface area contributed by atoms with Gasteiger partial charge < -0.3 is 10.4 Å². The van der Waals surface area contributed by atoms with Gasteiger partial charge in [0, 0.05) is 22.3 Å². The van der Waals surface area contributed by atoms with E-state index in [1.165, 1.54) is 0 Å². The summed E-state index contributed by atoms with van der Waals surface area (Å²) < 4.78 is 0. The van der Waals surface area contributed by atoms with Gasteiger partial charge in [-0.1, -0.05) is 95.2 Å². The second kappa shape index (κ2) is 7.20. The molecular weight excluding hydrogens is 396 g/mol. The highest BCUT2D eigenvalue weighted by Crippen LogP contribution is 2.39. The first kappa shape index (κ1) is 18.6. The average molecular weight is 416 g/mol. The maximum absolute atomic E-state index is 10.0. The van der Waals surface area contributed by atoms with Gasteiger partial charge in [0.2, 0.25) is 0 Å². The molecule has 32 heavy (non-hydrogen) atoms. The van der Waals surface area contributed by atoms with Crippen LogP contribution >= 0.6 is 0 Å². The summed E-state index contributed by atoms with van der Waals surface area (Å²) in [6.07, 6.45) is 1.55. The van der Waals surface area contributed by atoms with Crippen LogP contribution < -0.4 is 0 Å². The van der Waals surface area contributed by atoms with Gasteiger partial charge in [-0.25, -0.2) is 0 Å². The molecule has 0 saturated heterocycles. The molecule has 0 aromatic heterocycles. The molecule has 0 fully saturated rings. The van der Waals surface area contributed by atoms with Crippen LogP contribution in [0.2, 0.25) is 0 Å². The zero-order valence-electron chi connectivity index (χ0n) is 17.3. The summed E-state index contributed by atoms with van der Waals surface area (Å²) in [5.74, 6) is 0. The fraction of sp³-hybridized carbons (Fsp3) is 0.0714. The minimum atomic E-state index is 0.578. The number of benzene rings is 4. The van der Waals surface area contributed by atoms with Crippen LogP contribution in [0.25, 0.3) is 11.1 Å². The van der Waals surface area contributed by atoms with Gasteiger partial charge in [0.15, 0.2) is 0 Å². The van der Waals surface area contributed by atoms with Crippen molar-refractivity contribution in [1.82, 2.24) is 0 Å². The molecule has 4 aromatic rings. The van der Waals surface area contributed by atoms with Crippen molar-refractivity contribution in [2.45, 2.75) is 12.8 Å². The molecule has 2 N–H and O–H groups in total. The first-order valence-corrected chi connectivity index (χ1v) is 10.7. The van der Waals surface area contributed by atoms with Gasteiger partial charge in [0.25, 0.3) is 0 Å². The topological polar surface area (TPSA) is 65.2 Å². The lowest BCUT2D eigenvalue weighted by molar-refractivity contribution is 0.319. The quantitative estimate of drug-likeness (QED) is 0.270. The standard InChI is InChI=1S/C28H20N2O2/c31-29-27-21-11-3-1-7-17(21)15-19-9-5-13-23(25(19)27)24-14-6-10-20-16-18-8-2-4-12-22(18)28(30-32)26(20)24/h1-14,31-32H,15-16H2. The summed E-state index contributed by atoms with van der Waals surface area (Å²) in [5, 5.41) is 27.6. The molecule has 0 radical (unpaired) electrons. The minimum absolute atomic E-state index is 0.578. The Morgan fingerprint density at radius 2 is 0.812 bits per heavy atom. The van der Waals surface area contributed by atoms with Crippen LogP contribution in [0, 0.1) is 0 Å². The second-order valence-corrected chi connectivity index (χ2v) is 8.24. The molecule has 4 nitrogen and oxygen atoms in total. The van der Waals surface area contributed by atoms with E-state index in [4.69, 9.17) is 0 Å². The molecule has 0 atom stereocenters. The van der Waals surface area contributed by atoms with Gasteiger partial charge in [0.05, 0.1) is 0 Å². The number of rotatable bonds is 1. The average Bonchev–Trinajstić information content (AvgIpc) is 2.85. The molecule has 0 amide bonds. The summed E-state index contributed by atoms with van der Waals surface area (Å²) in [6.45, 7) is 0. The largest absolute Gasteiger partial charge is 0.410 e. The number of hydrogen-bond donors (Lipinski definition) is 2. The Hall–Kier alpha value is -4.18. The zero-order valence-corrected chi connectivity index (χ0v) is 17.3. The Balaban J connectivity index is 1.62. The number of hydrogen-bond acceptors (Lipinski definition) is 4. The normalized spacial score (nSPS) is 16.2. The van der Waals surface area contributed by atoms with Crippen molar-refractivity contribution in [3.8, 4) is 11.1 Å². The molecule has 0 saturated carbocycles. The van der Waals surface area contributed by atoms with Crippen LogP contribution in [0.3, 0.4) is 0 Å². The Bertz CT molecular complexity index is 1340. The maximum Gasteiger partial charge on any atom is 0.118 e. The second-order valence-electron chi connectivity index (χ2n) is 8.24. The first-order valence-electron chi connectivity index (χ1n) is 10.7. The van der Waals surface area contributed by atoms with Gasteiger partial charge in [0.1, 0.15) is 11.4 Å². The highest BCUT2D eigenvalue weighted by Gasteiger charge is 2.29. The zero-order chi connectivity index (χ0) is 21.7. The van der Waals surface area contributed by atoms with Crippen molar-refractivity contribution >= 4 is 11.4 Å². The van der Waals surface area contributed by atoms with Gasteiger partial charge in [-0.3, -0.25) is 0 Å². The van der Waals surface area contributed by atoms with E-state index in [0.717, 1.165) is 68.5 Å².